The summed E-state index contributed by atoms with van der Waals surface area (Å²) < 4.78 is 10.8. The highest BCUT2D eigenvalue weighted by Gasteiger charge is 2.24. The van der Waals surface area contributed by atoms with E-state index in [1.165, 1.54) is 6.26 Å². The summed E-state index contributed by atoms with van der Waals surface area (Å²) in [6, 6.07) is 9.92. The Hall–Kier alpha value is -1.29. The molecule has 0 radical (unpaired) electrons. The maximum Gasteiger partial charge on any atom is 0.244 e. The molecule has 0 saturated carbocycles. The number of carbonyl (C=O) groups excluding carboxylic acids is 1. The molecule has 3 nitrogen and oxygen atoms in total. The number of hydrogen-bond donors (Lipinski definition) is 0. The van der Waals surface area contributed by atoms with Crippen molar-refractivity contribution in [3.8, 4) is 0 Å². The minimum Gasteiger partial charge on any atom is -0.459 e. The van der Waals surface area contributed by atoms with Gasteiger partial charge in [0.15, 0.2) is 5.76 Å². The Morgan fingerprint density at radius 1 is 1.38 bits per heavy atom. The molecule has 4 heteroatoms. The van der Waals surface area contributed by atoms with Crippen LogP contribution in [0.5, 0.6) is 0 Å². The van der Waals surface area contributed by atoms with Crippen molar-refractivity contribution in [3.63, 3.8) is 0 Å². The van der Waals surface area contributed by atoms with Gasteiger partial charge in [0.1, 0.15) is 17.4 Å². The number of ether oxygens (including phenoxy) is 2. The second-order valence-corrected chi connectivity index (χ2v) is 4.42. The van der Waals surface area contributed by atoms with E-state index in [1.807, 2.05) is 30.3 Å². The van der Waals surface area contributed by atoms with Gasteiger partial charge in [-0.15, -0.1) is 0 Å². The van der Waals surface area contributed by atoms with Gasteiger partial charge in [-0.25, -0.2) is 0 Å². The van der Waals surface area contributed by atoms with Crippen molar-refractivity contribution in [2.75, 3.05) is 0 Å². The molecule has 2 unspecified atom stereocenters. The third-order valence-corrected chi connectivity index (χ3v) is 2.91. The van der Waals surface area contributed by atoms with Crippen LogP contribution in [0.3, 0.4) is 0 Å². The molecule has 0 spiro atoms. The monoisotopic (exact) mass is 282 g/mol. The molecular weight excluding hydrogens is 272 g/mol. The first-order chi connectivity index (χ1) is 7.79. The van der Waals surface area contributed by atoms with E-state index in [2.05, 4.69) is 15.9 Å². The molecule has 0 aliphatic carbocycles. The minimum atomic E-state index is -0.423. The van der Waals surface area contributed by atoms with Crippen LogP contribution < -0.4 is 0 Å². The first-order valence-corrected chi connectivity index (χ1v) is 5.86. The molecule has 16 heavy (non-hydrogen) atoms. The van der Waals surface area contributed by atoms with Crippen LogP contribution in [-0.2, 0) is 20.7 Å². The summed E-state index contributed by atoms with van der Waals surface area (Å²) in [5.74, 6) is 0.524. The van der Waals surface area contributed by atoms with Crippen LogP contribution in [0.2, 0.25) is 0 Å². The smallest absolute Gasteiger partial charge is 0.244 e. The molecule has 0 amide bonds. The molecule has 2 rings (SSSR count). The number of aldehydes is 1. The summed E-state index contributed by atoms with van der Waals surface area (Å²) in [5, 5.41) is 0. The molecule has 1 aliphatic rings. The van der Waals surface area contributed by atoms with Crippen LogP contribution in [0.4, 0.5) is 0 Å². The Bertz CT molecular complexity index is 389. The van der Waals surface area contributed by atoms with E-state index >= 15 is 0 Å². The van der Waals surface area contributed by atoms with Crippen molar-refractivity contribution in [1.82, 2.24) is 0 Å². The largest absolute Gasteiger partial charge is 0.459 e. The molecule has 0 fully saturated rings. The fraction of sp³-hybridized carbons (Fsp3) is 0.250. The van der Waals surface area contributed by atoms with E-state index in [4.69, 9.17) is 9.47 Å². The van der Waals surface area contributed by atoms with Gasteiger partial charge in [0.05, 0.1) is 0 Å². The van der Waals surface area contributed by atoms with E-state index < -0.39 is 4.83 Å². The Morgan fingerprint density at radius 2 is 2.12 bits per heavy atom. The van der Waals surface area contributed by atoms with Crippen molar-refractivity contribution in [3.05, 3.63) is 47.9 Å². The Kier molecular flexibility index (Phi) is 3.62. The van der Waals surface area contributed by atoms with Gasteiger partial charge < -0.3 is 14.3 Å². The van der Waals surface area contributed by atoms with E-state index in [-0.39, 0.29) is 6.29 Å². The van der Waals surface area contributed by atoms with Gasteiger partial charge >= 0.3 is 0 Å². The van der Waals surface area contributed by atoms with Crippen LogP contribution in [0.1, 0.15) is 5.56 Å². The predicted molar refractivity (Wildman–Crippen MR) is 63.0 cm³/mol. The van der Waals surface area contributed by atoms with Crippen LogP contribution in [0.25, 0.3) is 0 Å². The normalized spacial score (nSPS) is 20.6. The standard InChI is InChI=1S/C12H11BrO3/c13-10(7-14)11-8-15-12(16-11)6-9-4-2-1-3-5-9/h1-5,7-8,10,12H,6H2. The zero-order valence-electron chi connectivity index (χ0n) is 8.51. The molecular formula is C12H11BrO3. The van der Waals surface area contributed by atoms with E-state index in [0.717, 1.165) is 11.8 Å². The first-order valence-electron chi connectivity index (χ1n) is 4.95. The number of allylic oxidation sites excluding steroid dienone is 1. The average molecular weight is 283 g/mol. The number of benzene rings is 1. The van der Waals surface area contributed by atoms with Gasteiger partial charge in [-0.1, -0.05) is 46.3 Å². The molecule has 1 heterocycles. The quantitative estimate of drug-likeness (QED) is 0.629. The molecule has 2 atom stereocenters. The van der Waals surface area contributed by atoms with Crippen LogP contribution in [0, 0.1) is 0 Å². The Balaban J connectivity index is 1.90. The summed E-state index contributed by atoms with van der Waals surface area (Å²) in [5.41, 5.74) is 1.14. The lowest BCUT2D eigenvalue weighted by Crippen LogP contribution is -2.14. The number of hydrogen-bond acceptors (Lipinski definition) is 3. The van der Waals surface area contributed by atoms with Gasteiger partial charge in [-0.2, -0.15) is 0 Å². The molecule has 0 saturated heterocycles. The van der Waals surface area contributed by atoms with E-state index in [0.29, 0.717) is 12.2 Å². The molecule has 0 bridgehead atoms. The molecule has 1 aromatic carbocycles. The molecule has 1 aromatic rings. The third kappa shape index (κ3) is 2.64. The lowest BCUT2D eigenvalue weighted by Gasteiger charge is -2.12. The summed E-state index contributed by atoms with van der Waals surface area (Å²) in [6.45, 7) is 0. The highest BCUT2D eigenvalue weighted by atomic mass is 79.9. The fourth-order valence-electron chi connectivity index (χ4n) is 1.44. The zero-order chi connectivity index (χ0) is 11.4. The maximum atomic E-state index is 10.5. The van der Waals surface area contributed by atoms with Crippen LogP contribution in [-0.4, -0.2) is 17.4 Å². The lowest BCUT2D eigenvalue weighted by molar-refractivity contribution is -0.107. The Labute approximate surface area is 102 Å². The van der Waals surface area contributed by atoms with Gasteiger partial charge in [-0.3, -0.25) is 0 Å². The molecule has 0 aromatic heterocycles. The van der Waals surface area contributed by atoms with E-state index in [9.17, 15) is 4.79 Å². The van der Waals surface area contributed by atoms with Crippen LogP contribution >= 0.6 is 15.9 Å². The Morgan fingerprint density at radius 3 is 2.81 bits per heavy atom. The predicted octanol–water partition coefficient (Wildman–Crippen LogP) is 2.41. The van der Waals surface area contributed by atoms with Crippen molar-refractivity contribution in [1.29, 1.82) is 0 Å². The summed E-state index contributed by atoms with van der Waals surface area (Å²) >= 11 is 3.18. The topological polar surface area (TPSA) is 35.5 Å². The van der Waals surface area contributed by atoms with Crippen molar-refractivity contribution in [2.24, 2.45) is 0 Å². The summed E-state index contributed by atoms with van der Waals surface area (Å²) in [7, 11) is 0. The number of halogens is 1. The number of alkyl halides is 1. The minimum absolute atomic E-state index is 0.336. The molecule has 1 aliphatic heterocycles. The second kappa shape index (κ2) is 5.16. The van der Waals surface area contributed by atoms with Crippen LogP contribution in [0.15, 0.2) is 42.4 Å². The summed E-state index contributed by atoms with van der Waals surface area (Å²) in [4.78, 5) is 10.1. The van der Waals surface area contributed by atoms with Gasteiger partial charge in [0.2, 0.25) is 6.29 Å². The lowest BCUT2D eigenvalue weighted by atomic mass is 10.1. The SMILES string of the molecule is O=CC(Br)C1=COC(Cc2ccccc2)O1. The number of rotatable bonds is 4. The van der Waals surface area contributed by atoms with E-state index in [1.54, 1.807) is 0 Å². The van der Waals surface area contributed by atoms with Gasteiger partial charge in [-0.05, 0) is 5.56 Å². The molecule has 84 valence electrons. The zero-order valence-corrected chi connectivity index (χ0v) is 10.1. The first kappa shape index (κ1) is 11.2. The van der Waals surface area contributed by atoms with Gasteiger partial charge in [0, 0.05) is 6.42 Å². The van der Waals surface area contributed by atoms with Crippen molar-refractivity contribution < 1.29 is 14.3 Å². The summed E-state index contributed by atoms with van der Waals surface area (Å²) in [6.07, 6.45) is 2.58. The fourth-order valence-corrected chi connectivity index (χ4v) is 1.66. The maximum absolute atomic E-state index is 10.5. The number of carbonyl (C=O) groups is 1. The molecule has 0 N–H and O–H groups in total. The second-order valence-electron chi connectivity index (χ2n) is 3.43. The highest BCUT2D eigenvalue weighted by molar-refractivity contribution is 9.10. The third-order valence-electron chi connectivity index (χ3n) is 2.24. The van der Waals surface area contributed by atoms with Gasteiger partial charge in [0.25, 0.3) is 0 Å². The average Bonchev–Trinajstić information content (AvgIpc) is 2.78. The van der Waals surface area contributed by atoms with Crippen molar-refractivity contribution >= 4 is 22.2 Å². The van der Waals surface area contributed by atoms with Crippen molar-refractivity contribution in [2.45, 2.75) is 17.5 Å². The highest BCUT2D eigenvalue weighted by Crippen LogP contribution is 2.23.